The number of ether oxygens (including phenoxy) is 1. The van der Waals surface area contributed by atoms with Crippen molar-refractivity contribution in [2.45, 2.75) is 38.3 Å². The van der Waals surface area contributed by atoms with Crippen molar-refractivity contribution in [3.05, 3.63) is 47.0 Å². The zero-order chi connectivity index (χ0) is 15.6. The van der Waals surface area contributed by atoms with E-state index in [1.807, 2.05) is 11.0 Å². The molecule has 1 aromatic rings. The van der Waals surface area contributed by atoms with Crippen molar-refractivity contribution in [1.82, 2.24) is 9.80 Å². The number of nitrogens with zero attached hydrogens (tertiary/aromatic N) is 2. The average molecular weight is 312 g/mol. The third kappa shape index (κ3) is 3.58. The number of rotatable bonds is 3. The largest absolute Gasteiger partial charge is 0.443 e. The predicted molar refractivity (Wildman–Crippen MR) is 89.1 cm³/mol. The third-order valence-corrected chi connectivity index (χ3v) is 5.07. The van der Waals surface area contributed by atoms with Crippen molar-refractivity contribution in [3.63, 3.8) is 0 Å². The predicted octanol–water partition coefficient (Wildman–Crippen LogP) is 3.19. The molecule has 122 valence electrons. The molecule has 1 saturated carbocycles. The van der Waals surface area contributed by atoms with E-state index >= 15 is 0 Å². The van der Waals surface area contributed by atoms with Gasteiger partial charge in [-0.3, -0.25) is 4.90 Å². The van der Waals surface area contributed by atoms with E-state index < -0.39 is 0 Å². The van der Waals surface area contributed by atoms with Crippen LogP contribution in [0.5, 0.6) is 0 Å². The number of hydrogen-bond acceptors (Lipinski definition) is 3. The second-order valence-corrected chi connectivity index (χ2v) is 6.88. The van der Waals surface area contributed by atoms with Gasteiger partial charge >= 0.3 is 6.09 Å². The lowest BCUT2D eigenvalue weighted by Gasteiger charge is -2.39. The Morgan fingerprint density at radius 3 is 2.30 bits per heavy atom. The number of amides is 1. The van der Waals surface area contributed by atoms with Crippen LogP contribution in [0.15, 0.2) is 41.5 Å². The van der Waals surface area contributed by atoms with Gasteiger partial charge in [0, 0.05) is 32.7 Å². The Kier molecular flexibility index (Phi) is 4.08. The summed E-state index contributed by atoms with van der Waals surface area (Å²) in [4.78, 5) is 16.4. The smallest absolute Gasteiger partial charge is 0.410 e. The van der Waals surface area contributed by atoms with Gasteiger partial charge in [-0.2, -0.15) is 0 Å². The van der Waals surface area contributed by atoms with E-state index in [4.69, 9.17) is 4.74 Å². The SMILES string of the molecule is O=C(OC1CN(Cc2ccccc2)C1)N1CCC(=C2CC2)CC1. The van der Waals surface area contributed by atoms with Crippen LogP contribution in [0.1, 0.15) is 31.2 Å². The van der Waals surface area contributed by atoms with Gasteiger partial charge in [0.2, 0.25) is 0 Å². The van der Waals surface area contributed by atoms with Gasteiger partial charge in [0.1, 0.15) is 6.10 Å². The summed E-state index contributed by atoms with van der Waals surface area (Å²) in [5.74, 6) is 0. The van der Waals surface area contributed by atoms with Crippen LogP contribution >= 0.6 is 0 Å². The van der Waals surface area contributed by atoms with E-state index in [0.717, 1.165) is 45.6 Å². The number of carbonyl (C=O) groups excluding carboxylic acids is 1. The van der Waals surface area contributed by atoms with E-state index in [9.17, 15) is 4.79 Å². The summed E-state index contributed by atoms with van der Waals surface area (Å²) in [5.41, 5.74) is 4.56. The maximum absolute atomic E-state index is 12.2. The highest BCUT2D eigenvalue weighted by Gasteiger charge is 2.32. The summed E-state index contributed by atoms with van der Waals surface area (Å²) in [6.07, 6.45) is 4.63. The molecule has 0 aromatic heterocycles. The first-order valence-electron chi connectivity index (χ1n) is 8.69. The molecule has 0 radical (unpaired) electrons. The monoisotopic (exact) mass is 312 g/mol. The minimum atomic E-state index is -0.116. The van der Waals surface area contributed by atoms with Gasteiger partial charge in [-0.15, -0.1) is 0 Å². The van der Waals surface area contributed by atoms with Gasteiger partial charge in [0.25, 0.3) is 0 Å². The van der Waals surface area contributed by atoms with Crippen LogP contribution in [-0.4, -0.2) is 48.2 Å². The zero-order valence-corrected chi connectivity index (χ0v) is 13.5. The summed E-state index contributed by atoms with van der Waals surface area (Å²) in [5, 5.41) is 0. The van der Waals surface area contributed by atoms with Gasteiger partial charge < -0.3 is 9.64 Å². The van der Waals surface area contributed by atoms with Gasteiger partial charge in [-0.25, -0.2) is 4.79 Å². The van der Waals surface area contributed by atoms with Gasteiger partial charge in [-0.1, -0.05) is 41.5 Å². The Hall–Kier alpha value is -1.81. The van der Waals surface area contributed by atoms with Crippen LogP contribution in [0.3, 0.4) is 0 Å². The minimum absolute atomic E-state index is 0.0643. The summed E-state index contributed by atoms with van der Waals surface area (Å²) < 4.78 is 5.63. The van der Waals surface area contributed by atoms with E-state index in [0.29, 0.717) is 0 Å². The average Bonchev–Trinajstić information content (AvgIpc) is 3.39. The van der Waals surface area contributed by atoms with Crippen molar-refractivity contribution in [3.8, 4) is 0 Å². The summed E-state index contributed by atoms with van der Waals surface area (Å²) in [6.45, 7) is 4.30. The Morgan fingerprint density at radius 2 is 1.65 bits per heavy atom. The molecular formula is C19H24N2O2. The molecule has 4 nitrogen and oxygen atoms in total. The van der Waals surface area contributed by atoms with Gasteiger partial charge in [0.05, 0.1) is 0 Å². The third-order valence-electron chi connectivity index (χ3n) is 5.07. The van der Waals surface area contributed by atoms with Crippen molar-refractivity contribution in [2.75, 3.05) is 26.2 Å². The topological polar surface area (TPSA) is 32.8 Å². The Labute approximate surface area is 137 Å². The van der Waals surface area contributed by atoms with Crippen molar-refractivity contribution >= 4 is 6.09 Å². The maximum Gasteiger partial charge on any atom is 0.410 e. The summed E-state index contributed by atoms with van der Waals surface area (Å²) in [7, 11) is 0. The first-order valence-corrected chi connectivity index (χ1v) is 8.69. The van der Waals surface area contributed by atoms with Gasteiger partial charge in [-0.05, 0) is 31.2 Å². The second kappa shape index (κ2) is 6.36. The quantitative estimate of drug-likeness (QED) is 0.804. The first kappa shape index (κ1) is 14.8. The molecule has 4 heteroatoms. The fourth-order valence-electron chi connectivity index (χ4n) is 3.51. The molecule has 0 atom stereocenters. The second-order valence-electron chi connectivity index (χ2n) is 6.88. The minimum Gasteiger partial charge on any atom is -0.443 e. The summed E-state index contributed by atoms with van der Waals surface area (Å²) >= 11 is 0. The Bertz CT molecular complexity index is 589. The van der Waals surface area contributed by atoms with E-state index in [2.05, 4.69) is 29.2 Å². The fourth-order valence-corrected chi connectivity index (χ4v) is 3.51. The van der Waals surface area contributed by atoms with E-state index in [-0.39, 0.29) is 12.2 Å². The Balaban J connectivity index is 1.19. The lowest BCUT2D eigenvalue weighted by Crippen LogP contribution is -2.53. The molecule has 3 fully saturated rings. The molecule has 2 saturated heterocycles. The molecular weight excluding hydrogens is 288 g/mol. The number of likely N-dealkylation sites (tertiary alicyclic amines) is 2. The lowest BCUT2D eigenvalue weighted by atomic mass is 10.0. The molecule has 3 aliphatic rings. The Morgan fingerprint density at radius 1 is 1.00 bits per heavy atom. The number of hydrogen-bond donors (Lipinski definition) is 0. The molecule has 23 heavy (non-hydrogen) atoms. The zero-order valence-electron chi connectivity index (χ0n) is 13.5. The highest BCUT2D eigenvalue weighted by Crippen LogP contribution is 2.36. The van der Waals surface area contributed by atoms with E-state index in [1.165, 1.54) is 18.4 Å². The van der Waals surface area contributed by atoms with Crippen LogP contribution in [0.25, 0.3) is 0 Å². The number of benzene rings is 1. The number of piperidine rings is 1. The molecule has 0 N–H and O–H groups in total. The number of allylic oxidation sites excluding steroid dienone is 1. The van der Waals surface area contributed by atoms with Gasteiger partial charge in [0.15, 0.2) is 0 Å². The first-order chi connectivity index (χ1) is 11.3. The molecule has 0 bridgehead atoms. The molecule has 0 spiro atoms. The van der Waals surface area contributed by atoms with Crippen molar-refractivity contribution in [1.29, 1.82) is 0 Å². The highest BCUT2D eigenvalue weighted by molar-refractivity contribution is 5.68. The fraction of sp³-hybridized carbons (Fsp3) is 0.526. The standard InChI is InChI=1S/C19H24N2O2/c22-19(21-10-8-17(9-11-21)16-6-7-16)23-18-13-20(14-18)12-15-4-2-1-3-5-15/h1-5,18H,6-14H2. The van der Waals surface area contributed by atoms with Crippen molar-refractivity contribution < 1.29 is 9.53 Å². The van der Waals surface area contributed by atoms with Crippen LogP contribution in [0.2, 0.25) is 0 Å². The molecule has 1 aliphatic carbocycles. The molecule has 0 unspecified atom stereocenters. The highest BCUT2D eigenvalue weighted by atomic mass is 16.6. The van der Waals surface area contributed by atoms with E-state index in [1.54, 1.807) is 11.1 Å². The molecule has 4 rings (SSSR count). The van der Waals surface area contributed by atoms with Crippen molar-refractivity contribution in [2.24, 2.45) is 0 Å². The molecule has 1 aromatic carbocycles. The molecule has 2 heterocycles. The lowest BCUT2D eigenvalue weighted by molar-refractivity contribution is -0.0307. The van der Waals surface area contributed by atoms with Crippen LogP contribution < -0.4 is 0 Å². The number of carbonyl (C=O) groups is 1. The van der Waals surface area contributed by atoms with Crippen LogP contribution in [0.4, 0.5) is 4.79 Å². The molecule has 2 aliphatic heterocycles. The van der Waals surface area contributed by atoms with Crippen LogP contribution in [-0.2, 0) is 11.3 Å². The van der Waals surface area contributed by atoms with Crippen LogP contribution in [0, 0.1) is 0 Å². The molecule has 1 amide bonds. The normalized spacial score (nSPS) is 22.0. The summed E-state index contributed by atoms with van der Waals surface area (Å²) in [6, 6.07) is 10.4. The maximum atomic E-state index is 12.2.